The van der Waals surface area contributed by atoms with Crippen molar-refractivity contribution in [2.24, 2.45) is 0 Å². The van der Waals surface area contributed by atoms with Crippen LogP contribution in [0.5, 0.6) is 17.2 Å². The van der Waals surface area contributed by atoms with Gasteiger partial charge in [-0.05, 0) is 29.8 Å². The van der Waals surface area contributed by atoms with Gasteiger partial charge >= 0.3 is 0 Å². The first-order valence-electron chi connectivity index (χ1n) is 5.91. The van der Waals surface area contributed by atoms with Crippen LogP contribution in [0.2, 0.25) is 0 Å². The molecule has 2 aromatic rings. The van der Waals surface area contributed by atoms with Crippen molar-refractivity contribution in [3.63, 3.8) is 0 Å². The van der Waals surface area contributed by atoms with Crippen molar-refractivity contribution in [1.29, 1.82) is 0 Å². The van der Waals surface area contributed by atoms with Crippen LogP contribution in [0.4, 0.5) is 0 Å². The summed E-state index contributed by atoms with van der Waals surface area (Å²) in [6.45, 7) is 0. The zero-order valence-corrected chi connectivity index (χ0v) is 10.8. The fourth-order valence-corrected chi connectivity index (χ4v) is 1.91. The van der Waals surface area contributed by atoms with Gasteiger partial charge < -0.3 is 20.1 Å². The lowest BCUT2D eigenvalue weighted by atomic mass is 9.99. The summed E-state index contributed by atoms with van der Waals surface area (Å²) in [5.74, 6) is -0.785. The van der Waals surface area contributed by atoms with Gasteiger partial charge in [-0.15, -0.1) is 0 Å². The minimum absolute atomic E-state index is 0.0581. The predicted molar refractivity (Wildman–Crippen MR) is 72.0 cm³/mol. The van der Waals surface area contributed by atoms with Crippen LogP contribution in [0.1, 0.15) is 22.0 Å². The number of rotatable bonds is 4. The molecule has 0 aromatic heterocycles. The summed E-state index contributed by atoms with van der Waals surface area (Å²) >= 11 is 0. The lowest BCUT2D eigenvalue weighted by Gasteiger charge is -2.15. The molecule has 3 N–H and O–H groups in total. The Morgan fingerprint density at radius 3 is 2.15 bits per heavy atom. The summed E-state index contributed by atoms with van der Waals surface area (Å²) in [5, 5.41) is 28.2. The molecular formula is C15H14O5. The number of phenolic OH excluding ortho intramolecular Hbond substituents is 3. The standard InChI is InChI=1S/C15H14O5/c1-20-15(9-2-4-10(16)5-3-9)14(19)12-7-6-11(17)8-13(12)18/h2-8,15-18H,1H3. The highest BCUT2D eigenvalue weighted by Crippen LogP contribution is 2.29. The fraction of sp³-hybridized carbons (Fsp3) is 0.133. The number of hydrogen-bond acceptors (Lipinski definition) is 5. The SMILES string of the molecule is COC(C(=O)c1ccc(O)cc1O)c1ccc(O)cc1. The van der Waals surface area contributed by atoms with E-state index in [1.54, 1.807) is 12.1 Å². The number of methoxy groups -OCH3 is 1. The molecule has 0 heterocycles. The average Bonchev–Trinajstić information content (AvgIpc) is 2.41. The van der Waals surface area contributed by atoms with Gasteiger partial charge in [0, 0.05) is 13.2 Å². The van der Waals surface area contributed by atoms with Crippen LogP contribution in [0, 0.1) is 0 Å². The normalized spacial score (nSPS) is 12.1. The molecule has 0 bridgehead atoms. The minimum Gasteiger partial charge on any atom is -0.508 e. The van der Waals surface area contributed by atoms with Gasteiger partial charge in [0.25, 0.3) is 0 Å². The van der Waals surface area contributed by atoms with E-state index in [9.17, 15) is 20.1 Å². The second-order valence-electron chi connectivity index (χ2n) is 4.27. The van der Waals surface area contributed by atoms with Crippen molar-refractivity contribution in [3.8, 4) is 17.2 Å². The number of benzene rings is 2. The van der Waals surface area contributed by atoms with Gasteiger partial charge in [-0.25, -0.2) is 0 Å². The smallest absolute Gasteiger partial charge is 0.199 e. The third-order valence-corrected chi connectivity index (χ3v) is 2.92. The predicted octanol–water partition coefficient (Wildman–Crippen LogP) is 2.37. The van der Waals surface area contributed by atoms with E-state index in [-0.39, 0.29) is 22.8 Å². The molecule has 0 saturated heterocycles. The number of hydrogen-bond donors (Lipinski definition) is 3. The summed E-state index contributed by atoms with van der Waals surface area (Å²) in [6, 6.07) is 9.78. The maximum atomic E-state index is 12.4. The Labute approximate surface area is 115 Å². The first-order valence-corrected chi connectivity index (χ1v) is 5.91. The number of phenols is 3. The number of ketones is 1. The number of ether oxygens (including phenoxy) is 1. The fourth-order valence-electron chi connectivity index (χ4n) is 1.91. The highest BCUT2D eigenvalue weighted by molar-refractivity contribution is 6.02. The van der Waals surface area contributed by atoms with Gasteiger partial charge in [0.1, 0.15) is 23.4 Å². The summed E-state index contributed by atoms with van der Waals surface area (Å²) < 4.78 is 5.17. The van der Waals surface area contributed by atoms with Crippen LogP contribution in [-0.2, 0) is 4.74 Å². The zero-order valence-electron chi connectivity index (χ0n) is 10.8. The molecule has 0 saturated carbocycles. The second-order valence-corrected chi connectivity index (χ2v) is 4.27. The summed E-state index contributed by atoms with van der Waals surface area (Å²) in [6.07, 6.45) is -0.897. The molecule has 5 heteroatoms. The molecule has 0 aliphatic heterocycles. The Bertz CT molecular complexity index is 619. The van der Waals surface area contributed by atoms with Crippen molar-refractivity contribution in [2.75, 3.05) is 7.11 Å². The van der Waals surface area contributed by atoms with Gasteiger partial charge in [0.05, 0.1) is 5.56 Å². The van der Waals surface area contributed by atoms with Crippen LogP contribution in [0.15, 0.2) is 42.5 Å². The van der Waals surface area contributed by atoms with Crippen molar-refractivity contribution >= 4 is 5.78 Å². The Kier molecular flexibility index (Phi) is 3.91. The molecule has 2 rings (SSSR count). The lowest BCUT2D eigenvalue weighted by Crippen LogP contribution is -2.15. The molecule has 20 heavy (non-hydrogen) atoms. The van der Waals surface area contributed by atoms with Gasteiger partial charge in [-0.3, -0.25) is 4.79 Å². The molecule has 0 aliphatic carbocycles. The maximum absolute atomic E-state index is 12.4. The number of carbonyl (C=O) groups is 1. The van der Waals surface area contributed by atoms with Gasteiger partial charge in [0.2, 0.25) is 0 Å². The van der Waals surface area contributed by atoms with E-state index in [1.165, 1.54) is 31.4 Å². The van der Waals surface area contributed by atoms with Crippen molar-refractivity contribution in [3.05, 3.63) is 53.6 Å². The molecular weight excluding hydrogens is 260 g/mol. The van der Waals surface area contributed by atoms with Crippen molar-refractivity contribution in [2.45, 2.75) is 6.10 Å². The van der Waals surface area contributed by atoms with E-state index in [1.807, 2.05) is 0 Å². The van der Waals surface area contributed by atoms with Crippen LogP contribution >= 0.6 is 0 Å². The number of carbonyl (C=O) groups excluding carboxylic acids is 1. The first kappa shape index (κ1) is 13.9. The molecule has 5 nitrogen and oxygen atoms in total. The third kappa shape index (κ3) is 2.73. The Morgan fingerprint density at radius 2 is 1.60 bits per heavy atom. The van der Waals surface area contributed by atoms with Crippen LogP contribution in [0.25, 0.3) is 0 Å². The molecule has 1 unspecified atom stereocenters. The van der Waals surface area contributed by atoms with Crippen molar-refractivity contribution < 1.29 is 24.9 Å². The van der Waals surface area contributed by atoms with E-state index in [4.69, 9.17) is 4.74 Å². The van der Waals surface area contributed by atoms with Gasteiger partial charge in [0.15, 0.2) is 5.78 Å². The molecule has 0 fully saturated rings. The molecule has 1 atom stereocenters. The number of Topliss-reactive ketones (excluding diaryl/α,β-unsaturated/α-hetero) is 1. The summed E-state index contributed by atoms with van der Waals surface area (Å²) in [5.41, 5.74) is 0.616. The average molecular weight is 274 g/mol. The molecule has 0 spiro atoms. The topological polar surface area (TPSA) is 87.0 Å². The monoisotopic (exact) mass is 274 g/mol. The molecule has 0 amide bonds. The Hall–Kier alpha value is -2.53. The molecule has 0 aliphatic rings. The van der Waals surface area contributed by atoms with E-state index in [0.29, 0.717) is 5.56 Å². The highest BCUT2D eigenvalue weighted by Gasteiger charge is 2.24. The van der Waals surface area contributed by atoms with Crippen molar-refractivity contribution in [1.82, 2.24) is 0 Å². The van der Waals surface area contributed by atoms with Gasteiger partial charge in [-0.2, -0.15) is 0 Å². The third-order valence-electron chi connectivity index (χ3n) is 2.92. The number of aromatic hydroxyl groups is 3. The maximum Gasteiger partial charge on any atom is 0.199 e. The second kappa shape index (κ2) is 5.63. The minimum atomic E-state index is -0.897. The molecule has 104 valence electrons. The largest absolute Gasteiger partial charge is 0.508 e. The molecule has 0 radical (unpaired) electrons. The van der Waals surface area contributed by atoms with Crippen LogP contribution in [0.3, 0.4) is 0 Å². The zero-order chi connectivity index (χ0) is 14.7. The molecule has 2 aromatic carbocycles. The Morgan fingerprint density at radius 1 is 1.00 bits per heavy atom. The van der Waals surface area contributed by atoms with Crippen LogP contribution in [-0.4, -0.2) is 28.2 Å². The summed E-state index contributed by atoms with van der Waals surface area (Å²) in [4.78, 5) is 12.4. The lowest BCUT2D eigenvalue weighted by molar-refractivity contribution is 0.0601. The van der Waals surface area contributed by atoms with E-state index in [0.717, 1.165) is 6.07 Å². The van der Waals surface area contributed by atoms with Gasteiger partial charge in [-0.1, -0.05) is 12.1 Å². The van der Waals surface area contributed by atoms with E-state index in [2.05, 4.69) is 0 Å². The van der Waals surface area contributed by atoms with E-state index < -0.39 is 11.9 Å². The first-order chi connectivity index (χ1) is 9.52. The van der Waals surface area contributed by atoms with E-state index >= 15 is 0 Å². The highest BCUT2D eigenvalue weighted by atomic mass is 16.5. The quantitative estimate of drug-likeness (QED) is 0.745. The Balaban J connectivity index is 2.36. The van der Waals surface area contributed by atoms with Crippen LogP contribution < -0.4 is 0 Å². The summed E-state index contributed by atoms with van der Waals surface area (Å²) in [7, 11) is 1.38.